The number of hydrogen-bond acceptors (Lipinski definition) is 5. The van der Waals surface area contributed by atoms with Gasteiger partial charge in [-0.1, -0.05) is 12.1 Å². The third kappa shape index (κ3) is 3.89. The van der Waals surface area contributed by atoms with Crippen LogP contribution in [0.4, 0.5) is 19.0 Å². The molecule has 0 atom stereocenters. The third-order valence-electron chi connectivity index (χ3n) is 5.05. The Balaban J connectivity index is 1.68. The van der Waals surface area contributed by atoms with E-state index in [4.69, 9.17) is 10.5 Å². The molecule has 0 fully saturated rings. The number of nitrogen functional groups attached to an aromatic ring is 1. The van der Waals surface area contributed by atoms with Crippen LogP contribution in [-0.4, -0.2) is 20.8 Å². The van der Waals surface area contributed by atoms with Crippen LogP contribution in [-0.2, 0) is 6.18 Å². The largest absolute Gasteiger partial charge is 0.457 e. The first kappa shape index (κ1) is 21.4. The Labute approximate surface area is 181 Å². The molecule has 0 amide bonds. The lowest BCUT2D eigenvalue weighted by Crippen LogP contribution is -2.09. The van der Waals surface area contributed by atoms with Gasteiger partial charge in [0.1, 0.15) is 29.3 Å². The highest BCUT2D eigenvalue weighted by molar-refractivity contribution is 6.00. The number of aromatic nitrogens is 3. The lowest BCUT2D eigenvalue weighted by atomic mass is 10.1. The van der Waals surface area contributed by atoms with Crippen molar-refractivity contribution in [1.29, 1.82) is 0 Å². The van der Waals surface area contributed by atoms with Crippen LogP contribution in [0.1, 0.15) is 35.8 Å². The molecule has 2 N–H and O–H groups in total. The van der Waals surface area contributed by atoms with E-state index in [1.54, 1.807) is 24.3 Å². The number of nitrogens with two attached hydrogens (primary N) is 1. The van der Waals surface area contributed by atoms with E-state index >= 15 is 0 Å². The predicted molar refractivity (Wildman–Crippen MR) is 115 cm³/mol. The second kappa shape index (κ2) is 7.99. The van der Waals surface area contributed by atoms with Gasteiger partial charge in [0.15, 0.2) is 6.29 Å². The summed E-state index contributed by atoms with van der Waals surface area (Å²) in [5.41, 5.74) is 7.01. The lowest BCUT2D eigenvalue weighted by Gasteiger charge is -2.12. The molecule has 0 saturated heterocycles. The van der Waals surface area contributed by atoms with Crippen molar-refractivity contribution in [3.63, 3.8) is 0 Å². The molecule has 4 aromatic rings. The Bertz CT molecular complexity index is 1300. The molecular formula is C23H19F3N4O2. The molecule has 0 unspecified atom stereocenters. The van der Waals surface area contributed by atoms with Gasteiger partial charge in [-0.15, -0.1) is 0 Å². The number of benzene rings is 2. The maximum absolute atomic E-state index is 13.2. The van der Waals surface area contributed by atoms with Crippen molar-refractivity contribution >= 4 is 23.1 Å². The molecule has 0 aliphatic rings. The van der Waals surface area contributed by atoms with E-state index in [1.165, 1.54) is 12.4 Å². The lowest BCUT2D eigenvalue weighted by molar-refractivity contribution is -0.137. The van der Waals surface area contributed by atoms with Crippen LogP contribution in [0.15, 0.2) is 55.0 Å². The first-order valence-corrected chi connectivity index (χ1v) is 9.74. The molecule has 2 aromatic heterocycles. The minimum absolute atomic E-state index is 0.0234. The molecular weight excluding hydrogens is 421 g/mol. The van der Waals surface area contributed by atoms with Crippen molar-refractivity contribution in [3.8, 4) is 22.6 Å². The standard InChI is InChI=1S/C23H19F3N4O2/c1-13(2)30-10-18(20-21(27)28-12-29-22(20)30)14-3-6-16(7-4-14)32-17-8-5-15(11-31)19(9-17)23(24,25)26/h3-13H,1-2H3,(H2,27,28,29). The topological polar surface area (TPSA) is 83.0 Å². The summed E-state index contributed by atoms with van der Waals surface area (Å²) in [5, 5.41) is 0.731. The summed E-state index contributed by atoms with van der Waals surface area (Å²) in [7, 11) is 0. The van der Waals surface area contributed by atoms with Crippen LogP contribution in [0.2, 0.25) is 0 Å². The van der Waals surface area contributed by atoms with Gasteiger partial charge in [0, 0.05) is 23.4 Å². The molecule has 2 aromatic carbocycles. The van der Waals surface area contributed by atoms with Gasteiger partial charge >= 0.3 is 6.18 Å². The average molecular weight is 440 g/mol. The molecule has 0 saturated carbocycles. The molecule has 4 rings (SSSR count). The number of ether oxygens (including phenoxy) is 1. The van der Waals surface area contributed by atoms with Crippen LogP contribution in [0, 0.1) is 0 Å². The second-order valence-electron chi connectivity index (χ2n) is 7.49. The zero-order chi connectivity index (χ0) is 23.0. The molecule has 0 bridgehead atoms. The highest BCUT2D eigenvalue weighted by atomic mass is 19.4. The number of aldehydes is 1. The second-order valence-corrected chi connectivity index (χ2v) is 7.49. The Kier molecular flexibility index (Phi) is 5.33. The summed E-state index contributed by atoms with van der Waals surface area (Å²) in [6.45, 7) is 4.06. The number of halogens is 3. The van der Waals surface area contributed by atoms with Crippen molar-refractivity contribution in [1.82, 2.24) is 14.5 Å². The number of hydrogen-bond donors (Lipinski definition) is 1. The van der Waals surface area contributed by atoms with Gasteiger partial charge in [-0.2, -0.15) is 13.2 Å². The van der Waals surface area contributed by atoms with Crippen molar-refractivity contribution < 1.29 is 22.7 Å². The molecule has 2 heterocycles. The van der Waals surface area contributed by atoms with Crippen LogP contribution in [0.3, 0.4) is 0 Å². The number of rotatable bonds is 5. The number of fused-ring (bicyclic) bond motifs is 1. The van der Waals surface area contributed by atoms with Gasteiger partial charge in [-0.05, 0) is 49.7 Å². The predicted octanol–water partition coefficient (Wildman–Crippen LogP) is 5.89. The van der Waals surface area contributed by atoms with Crippen molar-refractivity contribution in [2.45, 2.75) is 26.1 Å². The van der Waals surface area contributed by atoms with Crippen LogP contribution < -0.4 is 10.5 Å². The van der Waals surface area contributed by atoms with Crippen molar-refractivity contribution in [3.05, 3.63) is 66.1 Å². The van der Waals surface area contributed by atoms with Crippen LogP contribution in [0.25, 0.3) is 22.2 Å². The molecule has 32 heavy (non-hydrogen) atoms. The third-order valence-corrected chi connectivity index (χ3v) is 5.05. The maximum atomic E-state index is 13.2. The van der Waals surface area contributed by atoms with Crippen molar-refractivity contribution in [2.24, 2.45) is 0 Å². The Hall–Kier alpha value is -3.88. The van der Waals surface area contributed by atoms with Crippen LogP contribution >= 0.6 is 0 Å². The van der Waals surface area contributed by atoms with E-state index in [9.17, 15) is 18.0 Å². The number of alkyl halides is 3. The fourth-order valence-corrected chi connectivity index (χ4v) is 3.51. The molecule has 6 nitrogen and oxygen atoms in total. The monoisotopic (exact) mass is 440 g/mol. The van der Waals surface area contributed by atoms with E-state index < -0.39 is 17.3 Å². The number of carbonyl (C=O) groups is 1. The van der Waals surface area contributed by atoms with Gasteiger partial charge in [0.05, 0.1) is 10.9 Å². The summed E-state index contributed by atoms with van der Waals surface area (Å²) in [4.78, 5) is 19.4. The fourth-order valence-electron chi connectivity index (χ4n) is 3.51. The van der Waals surface area contributed by atoms with Gasteiger partial charge < -0.3 is 15.0 Å². The molecule has 0 spiro atoms. The zero-order valence-electron chi connectivity index (χ0n) is 17.2. The minimum atomic E-state index is -4.66. The number of carbonyl (C=O) groups excluding carboxylic acids is 1. The summed E-state index contributed by atoms with van der Waals surface area (Å²) >= 11 is 0. The van der Waals surface area contributed by atoms with Crippen LogP contribution in [0.5, 0.6) is 11.5 Å². The Morgan fingerprint density at radius 3 is 2.38 bits per heavy atom. The smallest absolute Gasteiger partial charge is 0.417 e. The van der Waals surface area contributed by atoms with Gasteiger partial charge in [0.25, 0.3) is 0 Å². The SMILES string of the molecule is CC(C)n1cc(-c2ccc(Oc3ccc(C=O)c(C(F)(F)F)c3)cc2)c2c(N)ncnc21. The highest BCUT2D eigenvalue weighted by Gasteiger charge is 2.33. The highest BCUT2D eigenvalue weighted by Crippen LogP contribution is 2.37. The van der Waals surface area contributed by atoms with E-state index in [1.807, 2.05) is 24.6 Å². The molecule has 0 aliphatic carbocycles. The number of anilines is 1. The molecule has 9 heteroatoms. The quantitative estimate of drug-likeness (QED) is 0.392. The molecule has 0 aliphatic heterocycles. The van der Waals surface area contributed by atoms with E-state index in [-0.39, 0.29) is 18.1 Å². The van der Waals surface area contributed by atoms with Gasteiger partial charge in [-0.25, -0.2) is 9.97 Å². The Morgan fingerprint density at radius 1 is 1.06 bits per heavy atom. The van der Waals surface area contributed by atoms with E-state index in [0.29, 0.717) is 11.6 Å². The van der Waals surface area contributed by atoms with E-state index in [2.05, 4.69) is 9.97 Å². The number of nitrogens with zero attached hydrogens (tertiary/aromatic N) is 3. The van der Waals surface area contributed by atoms with Gasteiger partial charge in [0.2, 0.25) is 0 Å². The zero-order valence-corrected chi connectivity index (χ0v) is 17.2. The summed E-state index contributed by atoms with van der Waals surface area (Å²) in [6.07, 6.45) is -1.12. The minimum Gasteiger partial charge on any atom is -0.457 e. The Morgan fingerprint density at radius 2 is 1.75 bits per heavy atom. The first-order valence-electron chi connectivity index (χ1n) is 9.74. The van der Waals surface area contributed by atoms with E-state index in [0.717, 1.165) is 34.3 Å². The first-order chi connectivity index (χ1) is 15.2. The molecule has 0 radical (unpaired) electrons. The average Bonchev–Trinajstić information content (AvgIpc) is 3.15. The summed E-state index contributed by atoms with van der Waals surface area (Å²) < 4.78 is 47.1. The fraction of sp³-hybridized carbons (Fsp3) is 0.174. The molecule has 164 valence electrons. The summed E-state index contributed by atoms with van der Waals surface area (Å²) in [6, 6.07) is 10.2. The summed E-state index contributed by atoms with van der Waals surface area (Å²) in [5.74, 6) is 0.682. The van der Waals surface area contributed by atoms with Crippen molar-refractivity contribution in [2.75, 3.05) is 5.73 Å². The maximum Gasteiger partial charge on any atom is 0.417 e. The normalized spacial score (nSPS) is 11.8. The van der Waals surface area contributed by atoms with Gasteiger partial charge in [-0.3, -0.25) is 4.79 Å².